The van der Waals surface area contributed by atoms with Crippen LogP contribution in [0, 0.1) is 0 Å². The Morgan fingerprint density at radius 3 is 1.44 bits per heavy atom. The fraction of sp³-hybridized carbons (Fsp3) is 0.714. The van der Waals surface area contributed by atoms with Gasteiger partial charge in [0.1, 0.15) is 0 Å². The van der Waals surface area contributed by atoms with Crippen LogP contribution in [0.1, 0.15) is 85.0 Å². The maximum absolute atomic E-state index is 11.1. The number of methoxy groups -OCH3 is 1. The molecule has 0 aliphatic rings. The van der Waals surface area contributed by atoms with Crippen molar-refractivity contribution < 1.29 is 19.1 Å². The molecule has 25 heavy (non-hydrogen) atoms. The molecule has 0 spiro atoms. The monoisotopic (exact) mass is 354 g/mol. The van der Waals surface area contributed by atoms with Gasteiger partial charge in [-0.05, 0) is 20.3 Å². The topological polar surface area (TPSA) is 52.6 Å². The molecule has 0 aromatic rings. The molecule has 0 amide bonds. The summed E-state index contributed by atoms with van der Waals surface area (Å²) in [5.41, 5.74) is 0.921. The van der Waals surface area contributed by atoms with E-state index in [1.165, 1.54) is 64.9 Å². The number of carbonyl (C=O) groups excluding carboxylic acids is 2. The van der Waals surface area contributed by atoms with Crippen LogP contribution in [0.3, 0.4) is 0 Å². The average molecular weight is 355 g/mol. The Kier molecular flexibility index (Phi) is 19.2. The van der Waals surface area contributed by atoms with Gasteiger partial charge in [-0.3, -0.25) is 0 Å². The maximum atomic E-state index is 11.1. The smallest absolute Gasteiger partial charge is 0.333 e. The Hall–Kier alpha value is -1.58. The number of hydrogen-bond donors (Lipinski definition) is 0. The van der Waals surface area contributed by atoms with Crippen molar-refractivity contribution in [2.75, 3.05) is 13.7 Å². The first-order valence-corrected chi connectivity index (χ1v) is 9.43. The van der Waals surface area contributed by atoms with Crippen molar-refractivity contribution in [2.24, 2.45) is 0 Å². The highest BCUT2D eigenvalue weighted by Gasteiger charge is 2.01. The first-order chi connectivity index (χ1) is 11.9. The first-order valence-electron chi connectivity index (χ1n) is 9.43. The van der Waals surface area contributed by atoms with Crippen molar-refractivity contribution in [3.05, 3.63) is 24.3 Å². The van der Waals surface area contributed by atoms with Crippen molar-refractivity contribution in [3.8, 4) is 0 Å². The Labute approximate surface area is 154 Å². The zero-order valence-corrected chi connectivity index (χ0v) is 16.8. The Morgan fingerprint density at radius 2 is 1.12 bits per heavy atom. The lowest BCUT2D eigenvalue weighted by atomic mass is 10.1. The van der Waals surface area contributed by atoms with E-state index in [4.69, 9.17) is 4.74 Å². The van der Waals surface area contributed by atoms with Crippen molar-refractivity contribution in [2.45, 2.75) is 85.0 Å². The molecule has 0 atom stereocenters. The molecule has 0 saturated carbocycles. The lowest BCUT2D eigenvalue weighted by Gasteiger charge is -2.04. The lowest BCUT2D eigenvalue weighted by molar-refractivity contribution is -0.139. The summed E-state index contributed by atoms with van der Waals surface area (Å²) in [6.45, 7) is 13.0. The molecular weight excluding hydrogens is 316 g/mol. The first kappa shape index (κ1) is 25.7. The molecule has 0 heterocycles. The standard InChI is InChI=1S/C16H30O2.C5H8O2/c1-4-5-6-7-8-9-10-11-12-13-14-18-16(17)15(2)3;1-4(2)5(6)7-3/h2,4-14H2,1,3H3;1H2,2-3H3. The molecule has 0 fully saturated rings. The molecule has 0 N–H and O–H groups in total. The molecular formula is C21H38O4. The summed E-state index contributed by atoms with van der Waals surface area (Å²) < 4.78 is 9.31. The van der Waals surface area contributed by atoms with E-state index in [0.717, 1.165) is 6.42 Å². The summed E-state index contributed by atoms with van der Waals surface area (Å²) in [5.74, 6) is -0.606. The van der Waals surface area contributed by atoms with Gasteiger partial charge in [-0.15, -0.1) is 0 Å². The number of hydrogen-bond acceptors (Lipinski definition) is 4. The van der Waals surface area contributed by atoms with Crippen LogP contribution in [0.25, 0.3) is 0 Å². The summed E-state index contributed by atoms with van der Waals surface area (Å²) in [4.78, 5) is 21.3. The summed E-state index contributed by atoms with van der Waals surface area (Å²) in [7, 11) is 1.33. The van der Waals surface area contributed by atoms with Crippen LogP contribution in [0.15, 0.2) is 24.3 Å². The van der Waals surface area contributed by atoms with Gasteiger partial charge in [-0.25, -0.2) is 9.59 Å². The van der Waals surface area contributed by atoms with Gasteiger partial charge in [0.25, 0.3) is 0 Å². The second kappa shape index (κ2) is 18.8. The zero-order valence-electron chi connectivity index (χ0n) is 16.8. The third-order valence-corrected chi connectivity index (χ3v) is 3.61. The molecule has 0 aromatic heterocycles. The maximum Gasteiger partial charge on any atom is 0.333 e. The Balaban J connectivity index is 0. The predicted octanol–water partition coefficient (Wildman–Crippen LogP) is 5.76. The van der Waals surface area contributed by atoms with Crippen LogP contribution < -0.4 is 0 Å². The minimum absolute atomic E-state index is 0.258. The van der Waals surface area contributed by atoms with E-state index >= 15 is 0 Å². The predicted molar refractivity (Wildman–Crippen MR) is 104 cm³/mol. The van der Waals surface area contributed by atoms with Crippen LogP contribution in [-0.4, -0.2) is 25.7 Å². The fourth-order valence-corrected chi connectivity index (χ4v) is 2.05. The van der Waals surface area contributed by atoms with Crippen molar-refractivity contribution >= 4 is 11.9 Å². The van der Waals surface area contributed by atoms with Crippen LogP contribution in [0.5, 0.6) is 0 Å². The SMILES string of the molecule is C=C(C)C(=O)OC.C=C(C)C(=O)OCCCCCCCCCCCC. The average Bonchev–Trinajstić information content (AvgIpc) is 2.59. The highest BCUT2D eigenvalue weighted by molar-refractivity contribution is 5.87. The van der Waals surface area contributed by atoms with Gasteiger partial charge in [0.15, 0.2) is 0 Å². The third-order valence-electron chi connectivity index (χ3n) is 3.61. The van der Waals surface area contributed by atoms with Crippen molar-refractivity contribution in [3.63, 3.8) is 0 Å². The van der Waals surface area contributed by atoms with E-state index in [0.29, 0.717) is 17.8 Å². The summed E-state index contributed by atoms with van der Waals surface area (Å²) >= 11 is 0. The molecule has 0 unspecified atom stereocenters. The van der Waals surface area contributed by atoms with Crippen LogP contribution in [-0.2, 0) is 19.1 Å². The van der Waals surface area contributed by atoms with E-state index in [1.54, 1.807) is 13.8 Å². The third kappa shape index (κ3) is 20.4. The molecule has 0 radical (unpaired) electrons. The minimum atomic E-state index is -0.347. The van der Waals surface area contributed by atoms with E-state index in [-0.39, 0.29) is 11.9 Å². The normalized spacial score (nSPS) is 9.60. The van der Waals surface area contributed by atoms with Gasteiger partial charge in [0.05, 0.1) is 13.7 Å². The van der Waals surface area contributed by atoms with E-state index in [2.05, 4.69) is 24.8 Å². The van der Waals surface area contributed by atoms with Crippen LogP contribution in [0.4, 0.5) is 0 Å². The number of rotatable bonds is 13. The van der Waals surface area contributed by atoms with Gasteiger partial charge in [0, 0.05) is 11.1 Å². The Bertz CT molecular complexity index is 385. The van der Waals surface area contributed by atoms with Gasteiger partial charge in [0.2, 0.25) is 0 Å². The second-order valence-electron chi connectivity index (χ2n) is 6.37. The van der Waals surface area contributed by atoms with Gasteiger partial charge in [-0.1, -0.05) is 77.9 Å². The number of ether oxygens (including phenoxy) is 2. The molecule has 0 aliphatic carbocycles. The Morgan fingerprint density at radius 1 is 0.720 bits per heavy atom. The van der Waals surface area contributed by atoms with Crippen molar-refractivity contribution in [1.29, 1.82) is 0 Å². The zero-order chi connectivity index (χ0) is 19.5. The van der Waals surface area contributed by atoms with Gasteiger partial charge >= 0.3 is 11.9 Å². The molecule has 4 nitrogen and oxygen atoms in total. The highest BCUT2D eigenvalue weighted by atomic mass is 16.5. The second-order valence-corrected chi connectivity index (χ2v) is 6.37. The molecule has 0 saturated heterocycles. The van der Waals surface area contributed by atoms with Gasteiger partial charge in [-0.2, -0.15) is 0 Å². The van der Waals surface area contributed by atoms with E-state index < -0.39 is 0 Å². The number of carbonyl (C=O) groups is 2. The molecule has 0 rings (SSSR count). The summed E-state index contributed by atoms with van der Waals surface area (Å²) in [6, 6.07) is 0. The van der Waals surface area contributed by atoms with E-state index in [1.807, 2.05) is 0 Å². The number of esters is 2. The van der Waals surface area contributed by atoms with Gasteiger partial charge < -0.3 is 9.47 Å². The molecule has 0 bridgehead atoms. The summed E-state index contributed by atoms with van der Waals surface area (Å²) in [5, 5.41) is 0. The van der Waals surface area contributed by atoms with Crippen LogP contribution in [0.2, 0.25) is 0 Å². The molecule has 4 heteroatoms. The van der Waals surface area contributed by atoms with Crippen LogP contribution >= 0.6 is 0 Å². The molecule has 146 valence electrons. The summed E-state index contributed by atoms with van der Waals surface area (Å²) in [6.07, 6.45) is 13.0. The van der Waals surface area contributed by atoms with E-state index in [9.17, 15) is 9.59 Å². The highest BCUT2D eigenvalue weighted by Crippen LogP contribution is 2.10. The minimum Gasteiger partial charge on any atom is -0.466 e. The number of unbranched alkanes of at least 4 members (excludes halogenated alkanes) is 9. The lowest BCUT2D eigenvalue weighted by Crippen LogP contribution is -2.05. The largest absolute Gasteiger partial charge is 0.466 e. The van der Waals surface area contributed by atoms with Crippen molar-refractivity contribution in [1.82, 2.24) is 0 Å². The molecule has 0 aliphatic heterocycles. The quantitative estimate of drug-likeness (QED) is 0.240. The fourth-order valence-electron chi connectivity index (χ4n) is 2.05. The molecule has 0 aromatic carbocycles.